The van der Waals surface area contributed by atoms with Gasteiger partial charge in [0.1, 0.15) is 5.54 Å². The highest BCUT2D eigenvalue weighted by Gasteiger charge is 2.70. The van der Waals surface area contributed by atoms with Crippen LogP contribution in [-0.4, -0.2) is 60.9 Å². The molecule has 4 rings (SSSR count). The number of likely N-dealkylation sites (tertiary alicyclic amines) is 1. The fourth-order valence-electron chi connectivity index (χ4n) is 4.91. The Morgan fingerprint density at radius 1 is 1.28 bits per heavy atom. The zero-order valence-electron chi connectivity index (χ0n) is 16.4. The molecule has 0 unspecified atom stereocenters. The first-order chi connectivity index (χ1) is 14.0. The van der Waals surface area contributed by atoms with E-state index in [1.807, 2.05) is 24.5 Å². The minimum Gasteiger partial charge on any atom is -0.385 e. The van der Waals surface area contributed by atoms with Crippen LogP contribution in [0.4, 0.5) is 5.69 Å². The molecule has 3 aliphatic heterocycles. The van der Waals surface area contributed by atoms with Crippen molar-refractivity contribution in [3.8, 4) is 0 Å². The largest absolute Gasteiger partial charge is 0.385 e. The van der Waals surface area contributed by atoms with Crippen LogP contribution in [0.2, 0.25) is 0 Å². The van der Waals surface area contributed by atoms with Crippen LogP contribution < -0.4 is 10.6 Å². The zero-order chi connectivity index (χ0) is 20.8. The number of hydrogen-bond donors (Lipinski definition) is 2. The Hall–Kier alpha value is -1.42. The zero-order valence-corrected chi connectivity index (χ0v) is 18.8. The summed E-state index contributed by atoms with van der Waals surface area (Å²) in [6.45, 7) is 0.790. The minimum absolute atomic E-state index is 0.178. The van der Waals surface area contributed by atoms with Gasteiger partial charge in [0.05, 0.1) is 11.8 Å². The second-order valence-corrected chi connectivity index (χ2v) is 9.56. The van der Waals surface area contributed by atoms with Crippen LogP contribution in [0.5, 0.6) is 0 Å². The van der Waals surface area contributed by atoms with E-state index in [9.17, 15) is 14.4 Å². The maximum Gasteiger partial charge on any atom is 0.250 e. The second-order valence-electron chi connectivity index (χ2n) is 7.66. The minimum atomic E-state index is -1.21. The number of benzene rings is 1. The average Bonchev–Trinajstić information content (AvgIpc) is 3.27. The van der Waals surface area contributed by atoms with Gasteiger partial charge in [-0.3, -0.25) is 24.6 Å². The molecule has 2 fully saturated rings. The third kappa shape index (κ3) is 3.13. The van der Waals surface area contributed by atoms with Gasteiger partial charge in [-0.1, -0.05) is 15.9 Å². The van der Waals surface area contributed by atoms with Crippen LogP contribution >= 0.6 is 27.7 Å². The van der Waals surface area contributed by atoms with Gasteiger partial charge in [0.15, 0.2) is 0 Å². The van der Waals surface area contributed by atoms with Crippen LogP contribution in [0.15, 0.2) is 22.7 Å². The first-order valence-electron chi connectivity index (χ1n) is 9.68. The van der Waals surface area contributed by atoms with E-state index in [0.717, 1.165) is 15.8 Å². The summed E-state index contributed by atoms with van der Waals surface area (Å²) in [6, 6.07) is 5.33. The van der Waals surface area contributed by atoms with Crippen molar-refractivity contribution < 1.29 is 19.1 Å². The summed E-state index contributed by atoms with van der Waals surface area (Å²) < 4.78 is 5.90. The third-order valence-corrected chi connectivity index (χ3v) is 7.27. The molecule has 0 radical (unpaired) electrons. The highest BCUT2D eigenvalue weighted by molar-refractivity contribution is 9.10. The summed E-state index contributed by atoms with van der Waals surface area (Å²) in [5.74, 6) is -1.13. The lowest BCUT2D eigenvalue weighted by Crippen LogP contribution is -2.53. The maximum absolute atomic E-state index is 13.4. The van der Waals surface area contributed by atoms with E-state index in [1.165, 1.54) is 4.90 Å². The molecule has 1 aromatic carbocycles. The molecule has 0 aliphatic carbocycles. The third-order valence-electron chi connectivity index (χ3n) is 6.13. The number of amides is 3. The smallest absolute Gasteiger partial charge is 0.250 e. The molecule has 3 heterocycles. The Labute approximate surface area is 182 Å². The lowest BCUT2D eigenvalue weighted by atomic mass is 9.76. The second kappa shape index (κ2) is 8.02. The number of carbonyl (C=O) groups excluding carboxylic acids is 3. The van der Waals surface area contributed by atoms with Gasteiger partial charge in [-0.2, -0.15) is 11.8 Å². The van der Waals surface area contributed by atoms with Gasteiger partial charge in [-0.15, -0.1) is 0 Å². The molecule has 0 saturated carbocycles. The Morgan fingerprint density at radius 3 is 2.79 bits per heavy atom. The van der Waals surface area contributed by atoms with E-state index in [4.69, 9.17) is 4.74 Å². The molecular weight excluding hydrogens is 458 g/mol. The Kier molecular flexibility index (Phi) is 5.76. The number of anilines is 1. The molecule has 1 aromatic rings. The van der Waals surface area contributed by atoms with Crippen LogP contribution in [0.3, 0.4) is 0 Å². The van der Waals surface area contributed by atoms with E-state index < -0.39 is 17.4 Å². The molecule has 3 aliphatic rings. The highest BCUT2D eigenvalue weighted by Crippen LogP contribution is 2.53. The van der Waals surface area contributed by atoms with E-state index in [0.29, 0.717) is 31.7 Å². The van der Waals surface area contributed by atoms with Crippen LogP contribution in [0, 0.1) is 11.8 Å². The number of methoxy groups -OCH3 is 1. The first kappa shape index (κ1) is 20.8. The number of hydrogen-bond acceptors (Lipinski definition) is 6. The lowest BCUT2D eigenvalue weighted by molar-refractivity contribution is -0.143. The fourth-order valence-corrected chi connectivity index (χ4v) is 5.77. The summed E-state index contributed by atoms with van der Waals surface area (Å²) in [5.41, 5.74) is 0.210. The van der Waals surface area contributed by atoms with Crippen molar-refractivity contribution >= 4 is 51.1 Å². The Morgan fingerprint density at radius 2 is 2.07 bits per heavy atom. The van der Waals surface area contributed by atoms with Crippen molar-refractivity contribution in [2.45, 2.75) is 24.4 Å². The SMILES string of the molecule is COCCCN1C(=O)[C@H]2[C@@H](C1=O)[C@]1(N[C@@H]2CCSC)C(=O)Nc2ccc(Br)cc21. The number of thioether (sulfide) groups is 1. The molecule has 4 atom stereocenters. The number of carbonyl (C=O) groups is 3. The van der Waals surface area contributed by atoms with E-state index in [2.05, 4.69) is 26.6 Å². The number of nitrogens with one attached hydrogen (secondary N) is 2. The number of rotatable bonds is 7. The predicted octanol–water partition coefficient (Wildman–Crippen LogP) is 1.96. The van der Waals surface area contributed by atoms with Crippen molar-refractivity contribution in [3.63, 3.8) is 0 Å². The molecule has 0 aromatic heterocycles. The fraction of sp³-hybridized carbons (Fsp3) is 0.550. The summed E-state index contributed by atoms with van der Waals surface area (Å²) >= 11 is 5.17. The molecule has 2 saturated heterocycles. The van der Waals surface area contributed by atoms with Crippen molar-refractivity contribution in [2.24, 2.45) is 11.8 Å². The van der Waals surface area contributed by atoms with Gasteiger partial charge in [0.2, 0.25) is 17.7 Å². The molecule has 3 amide bonds. The maximum atomic E-state index is 13.4. The van der Waals surface area contributed by atoms with Gasteiger partial charge in [0, 0.05) is 42.0 Å². The summed E-state index contributed by atoms with van der Waals surface area (Å²) in [7, 11) is 1.59. The number of ether oxygens (including phenoxy) is 1. The van der Waals surface area contributed by atoms with E-state index in [1.54, 1.807) is 18.9 Å². The molecule has 156 valence electrons. The molecule has 2 N–H and O–H groups in total. The molecule has 7 nitrogen and oxygen atoms in total. The Bertz CT molecular complexity index is 866. The number of nitrogens with zero attached hydrogens (tertiary/aromatic N) is 1. The quantitative estimate of drug-likeness (QED) is 0.457. The topological polar surface area (TPSA) is 87.7 Å². The van der Waals surface area contributed by atoms with Crippen LogP contribution in [-0.2, 0) is 24.7 Å². The van der Waals surface area contributed by atoms with Crippen LogP contribution in [0.25, 0.3) is 0 Å². The van der Waals surface area contributed by atoms with E-state index >= 15 is 0 Å². The lowest BCUT2D eigenvalue weighted by Gasteiger charge is -2.29. The predicted molar refractivity (Wildman–Crippen MR) is 115 cm³/mol. The van der Waals surface area contributed by atoms with Gasteiger partial charge in [0.25, 0.3) is 0 Å². The van der Waals surface area contributed by atoms with Crippen molar-refractivity contribution in [1.29, 1.82) is 0 Å². The van der Waals surface area contributed by atoms with Gasteiger partial charge >= 0.3 is 0 Å². The standard InChI is InChI=1S/C20H24BrN3O4S/c1-28-8-3-7-24-17(25)15-14(6-9-29-2)23-20(16(15)18(24)26)12-10-11(21)4-5-13(12)22-19(20)27/h4-5,10,14-16,23H,3,6-9H2,1-2H3,(H,22,27)/t14-,15-,16+,20+/m1/s1. The molecule has 29 heavy (non-hydrogen) atoms. The van der Waals surface area contributed by atoms with Crippen molar-refractivity contribution in [2.75, 3.05) is 37.6 Å². The molecular formula is C20H24BrN3O4S. The highest BCUT2D eigenvalue weighted by atomic mass is 79.9. The first-order valence-corrected chi connectivity index (χ1v) is 11.9. The van der Waals surface area contributed by atoms with Crippen molar-refractivity contribution in [1.82, 2.24) is 10.2 Å². The number of imide groups is 1. The number of fused-ring (bicyclic) bond motifs is 4. The summed E-state index contributed by atoms with van der Waals surface area (Å²) in [5, 5.41) is 6.37. The Balaban J connectivity index is 1.77. The summed E-state index contributed by atoms with van der Waals surface area (Å²) in [4.78, 5) is 41.3. The normalized spacial score (nSPS) is 30.2. The van der Waals surface area contributed by atoms with Crippen molar-refractivity contribution in [3.05, 3.63) is 28.2 Å². The van der Waals surface area contributed by atoms with E-state index in [-0.39, 0.29) is 23.8 Å². The van der Waals surface area contributed by atoms with Gasteiger partial charge in [-0.05, 0) is 43.0 Å². The monoisotopic (exact) mass is 481 g/mol. The van der Waals surface area contributed by atoms with Gasteiger partial charge in [-0.25, -0.2) is 0 Å². The summed E-state index contributed by atoms with van der Waals surface area (Å²) in [6.07, 6.45) is 3.30. The number of halogens is 1. The average molecular weight is 482 g/mol. The molecule has 1 spiro atoms. The van der Waals surface area contributed by atoms with Gasteiger partial charge < -0.3 is 10.1 Å². The molecule has 9 heteroatoms. The van der Waals surface area contributed by atoms with Crippen LogP contribution in [0.1, 0.15) is 18.4 Å². The molecule has 0 bridgehead atoms.